The number of alkyl halides is 1. The minimum absolute atomic E-state index is 0.0695. The van der Waals surface area contributed by atoms with E-state index < -0.39 is 5.97 Å². The number of hydrogen-bond acceptors (Lipinski definition) is 6. The molecule has 0 bridgehead atoms. The third-order valence-electron chi connectivity index (χ3n) is 4.91. The first-order valence-electron chi connectivity index (χ1n) is 8.91. The topological polar surface area (TPSA) is 104 Å². The van der Waals surface area contributed by atoms with Crippen LogP contribution in [0.1, 0.15) is 23.2 Å². The van der Waals surface area contributed by atoms with E-state index in [1.165, 1.54) is 13.3 Å². The number of H-pyrrole nitrogens is 1. The molecule has 3 aromatic heterocycles. The fourth-order valence-corrected chi connectivity index (χ4v) is 4.91. The summed E-state index contributed by atoms with van der Waals surface area (Å²) in [5.74, 6) is -0.146. The van der Waals surface area contributed by atoms with Gasteiger partial charge in [0.25, 0.3) is 0 Å². The monoisotopic (exact) mass is 524 g/mol. The van der Waals surface area contributed by atoms with E-state index in [-0.39, 0.29) is 26.6 Å². The van der Waals surface area contributed by atoms with Gasteiger partial charge in [0.1, 0.15) is 0 Å². The number of methoxy groups -OCH3 is 1. The van der Waals surface area contributed by atoms with E-state index in [2.05, 4.69) is 24.8 Å². The van der Waals surface area contributed by atoms with Gasteiger partial charge in [-0.1, -0.05) is 0 Å². The predicted octanol–water partition coefficient (Wildman–Crippen LogP) is -0.479. The van der Waals surface area contributed by atoms with Crippen molar-refractivity contribution in [2.45, 2.75) is 16.8 Å². The van der Waals surface area contributed by atoms with Crippen LogP contribution >= 0.6 is 11.6 Å². The summed E-state index contributed by atoms with van der Waals surface area (Å²) in [5.41, 5.74) is 7.67. The Morgan fingerprint density at radius 1 is 1.41 bits per heavy atom. The summed E-state index contributed by atoms with van der Waals surface area (Å²) in [5, 5.41) is 9.71. The zero-order valence-electron chi connectivity index (χ0n) is 15.5. The maximum absolute atomic E-state index is 11.4. The molecule has 2 radical (unpaired) electrons. The molecule has 1 fully saturated rings. The van der Waals surface area contributed by atoms with Gasteiger partial charge in [-0.3, -0.25) is 0 Å². The van der Waals surface area contributed by atoms with Crippen LogP contribution in [0.5, 0.6) is 5.88 Å². The Bertz CT molecular complexity index is 1070. The van der Waals surface area contributed by atoms with Gasteiger partial charge in [-0.25, -0.2) is 4.79 Å². The number of halogens is 2. The third-order valence-corrected chi connectivity index (χ3v) is 7.46. The number of pyridine rings is 1. The average Bonchev–Trinajstić information content (AvgIpc) is 3.15. The number of anilines is 1. The number of piperidine rings is 1. The number of aromatic nitrogens is 4. The molecule has 11 heteroatoms. The molecule has 29 heavy (non-hydrogen) atoms. The van der Waals surface area contributed by atoms with E-state index >= 15 is 0 Å². The molecular weight excluding hydrogens is 507 g/mol. The van der Waals surface area contributed by atoms with E-state index in [0.29, 0.717) is 43.1 Å². The van der Waals surface area contributed by atoms with Crippen LogP contribution in [0.15, 0.2) is 18.5 Å². The van der Waals surface area contributed by atoms with E-state index in [1.54, 1.807) is 12.3 Å². The molecular formula is C18H17BClIN5O3-. The fourth-order valence-electron chi connectivity index (χ4n) is 3.38. The summed E-state index contributed by atoms with van der Waals surface area (Å²) < 4.78 is 6.13. The van der Waals surface area contributed by atoms with Gasteiger partial charge in [-0.05, 0) is 0 Å². The van der Waals surface area contributed by atoms with Crippen molar-refractivity contribution in [3.8, 4) is 17.1 Å². The molecule has 0 saturated carbocycles. The van der Waals surface area contributed by atoms with Crippen molar-refractivity contribution in [3.63, 3.8) is 0 Å². The second-order valence-corrected chi connectivity index (χ2v) is 9.49. The fraction of sp³-hybridized carbons (Fsp3) is 0.333. The second-order valence-electron chi connectivity index (χ2n) is 6.60. The molecule has 3 aromatic rings. The Morgan fingerprint density at radius 3 is 2.83 bits per heavy atom. The van der Waals surface area contributed by atoms with Crippen molar-refractivity contribution < 1.29 is 35.6 Å². The van der Waals surface area contributed by atoms with Crippen molar-refractivity contribution in [1.29, 1.82) is 0 Å². The van der Waals surface area contributed by atoms with Gasteiger partial charge in [0.05, 0.1) is 0 Å². The molecule has 0 amide bonds. The van der Waals surface area contributed by atoms with Gasteiger partial charge in [0.2, 0.25) is 0 Å². The summed E-state index contributed by atoms with van der Waals surface area (Å²) in [4.78, 5) is 30.0. The van der Waals surface area contributed by atoms with Crippen LogP contribution in [0, 0.1) is 0 Å². The summed E-state index contributed by atoms with van der Waals surface area (Å²) in [6.45, 7) is 1.72. The third kappa shape index (κ3) is 3.87. The number of nitrogens with zero attached hydrogens (tertiary/aromatic N) is 4. The predicted molar refractivity (Wildman–Crippen MR) is 107 cm³/mol. The van der Waals surface area contributed by atoms with Crippen LogP contribution in [0.25, 0.3) is 22.3 Å². The number of carbonyl (C=O) groups is 1. The normalized spacial score (nSPS) is 15.2. The number of carboxylic acid groups (broad SMARTS) is 1. The summed E-state index contributed by atoms with van der Waals surface area (Å²) in [7, 11) is 1.52. The van der Waals surface area contributed by atoms with Crippen LogP contribution in [0.3, 0.4) is 0 Å². The molecule has 4 rings (SSSR count). The van der Waals surface area contributed by atoms with Crippen LogP contribution < -0.4 is 30.6 Å². The number of aromatic carboxylic acids is 1. The number of ether oxygens (including phenoxy) is 1. The van der Waals surface area contributed by atoms with Gasteiger partial charge >= 0.3 is 163 Å². The molecule has 4 heterocycles. The van der Waals surface area contributed by atoms with E-state index in [4.69, 9.17) is 22.0 Å². The molecule has 150 valence electrons. The van der Waals surface area contributed by atoms with Gasteiger partial charge in [-0.2, -0.15) is 0 Å². The van der Waals surface area contributed by atoms with Crippen LogP contribution in [0.4, 0.5) is 5.95 Å². The average molecular weight is 525 g/mol. The van der Waals surface area contributed by atoms with Gasteiger partial charge in [0.15, 0.2) is 0 Å². The molecule has 1 saturated heterocycles. The van der Waals surface area contributed by atoms with E-state index in [9.17, 15) is 9.90 Å². The molecule has 0 aromatic carbocycles. The van der Waals surface area contributed by atoms with Crippen molar-refractivity contribution >= 4 is 40.3 Å². The minimum atomic E-state index is -1.07. The number of hydrogen-bond donors (Lipinski definition) is 2. The summed E-state index contributed by atoms with van der Waals surface area (Å²) in [6, 6.07) is 1.64. The molecule has 0 atom stereocenters. The first kappa shape index (κ1) is 20.2. The Hall–Kier alpha value is -2.08. The van der Waals surface area contributed by atoms with Crippen LogP contribution in [0.2, 0.25) is 5.02 Å². The quantitative estimate of drug-likeness (QED) is 0.264. The molecule has 0 spiro atoms. The SMILES string of the molecule is [B][I-]C1CCN(c2ncc(-c3nc4c(C(=O)O)c[nH]c4cc3Cl)c(OC)n2)CC1. The van der Waals surface area contributed by atoms with Crippen molar-refractivity contribution in [2.24, 2.45) is 0 Å². The number of rotatable bonds is 5. The van der Waals surface area contributed by atoms with Gasteiger partial charge < -0.3 is 10.1 Å². The molecule has 1 aliphatic heterocycles. The Morgan fingerprint density at radius 2 is 2.17 bits per heavy atom. The van der Waals surface area contributed by atoms with Crippen molar-refractivity contribution in [3.05, 3.63) is 29.0 Å². The Balaban J connectivity index is 1.72. The van der Waals surface area contributed by atoms with Crippen molar-refractivity contribution in [1.82, 2.24) is 19.9 Å². The first-order chi connectivity index (χ1) is 14.0. The first-order valence-corrected chi connectivity index (χ1v) is 11.8. The Kier molecular flexibility index (Phi) is 5.82. The molecule has 8 nitrogen and oxygen atoms in total. The molecule has 2 N–H and O–H groups in total. The standard InChI is InChI=1S/C18H17BClIN5O3/c1-29-16-10(7-23-18(25-16)26-4-2-9(21-19)3-5-26)14-12(20)6-13-15(24-14)11(8-22-13)17(27)28/h6-9,22H,2-5H2,1H3,(H,27,28)/q-1. The van der Waals surface area contributed by atoms with Crippen molar-refractivity contribution in [2.75, 3.05) is 25.1 Å². The summed E-state index contributed by atoms with van der Waals surface area (Å²) in [6.07, 6.45) is 5.11. The van der Waals surface area contributed by atoms with Gasteiger partial charge in [0, 0.05) is 6.20 Å². The van der Waals surface area contributed by atoms with Gasteiger partial charge in [-0.15, -0.1) is 0 Å². The number of aromatic amines is 1. The molecule has 0 unspecified atom stereocenters. The number of nitrogens with one attached hydrogen (secondary N) is 1. The maximum atomic E-state index is 11.4. The zero-order valence-corrected chi connectivity index (χ0v) is 18.4. The second kappa shape index (κ2) is 8.35. The van der Waals surface area contributed by atoms with E-state index in [1.807, 2.05) is 0 Å². The summed E-state index contributed by atoms with van der Waals surface area (Å²) >= 11 is 6.19. The number of fused-ring (bicyclic) bond motifs is 1. The zero-order chi connectivity index (χ0) is 20.5. The molecule has 1 aliphatic rings. The van der Waals surface area contributed by atoms with Crippen LogP contribution in [-0.2, 0) is 0 Å². The Labute approximate surface area is 183 Å². The molecule has 0 aliphatic carbocycles. The van der Waals surface area contributed by atoms with E-state index in [0.717, 1.165) is 25.9 Å². The van der Waals surface area contributed by atoms with Crippen LogP contribution in [-0.4, -0.2) is 60.8 Å². The number of carboxylic acids is 1.